The average Bonchev–Trinajstić information content (AvgIpc) is 3.31. The maximum absolute atomic E-state index is 13.7. The number of rotatable bonds is 7. The number of hydrogen-bond acceptors (Lipinski definition) is 4. The molecule has 0 unspecified atom stereocenters. The maximum Gasteiger partial charge on any atom is 0.182 e. The molecule has 0 radical (unpaired) electrons. The second-order valence-electron chi connectivity index (χ2n) is 6.53. The van der Waals surface area contributed by atoms with Gasteiger partial charge in [0.1, 0.15) is 5.82 Å². The third-order valence-electron chi connectivity index (χ3n) is 5.02. The molecule has 0 amide bonds. The summed E-state index contributed by atoms with van der Waals surface area (Å²) in [4.78, 5) is 0.181. The highest BCUT2D eigenvalue weighted by atomic mass is 35.5. The van der Waals surface area contributed by atoms with Crippen LogP contribution >= 0.6 is 11.6 Å². The van der Waals surface area contributed by atoms with E-state index in [0.717, 1.165) is 0 Å². The topological polar surface area (TPSA) is 69.4 Å². The summed E-state index contributed by atoms with van der Waals surface area (Å²) in [5.41, 5.74) is 5.85. The number of halogens is 2. The van der Waals surface area contributed by atoms with Crippen LogP contribution in [0, 0.1) is 11.2 Å². The van der Waals surface area contributed by atoms with Crippen LogP contribution in [0.4, 0.5) is 4.39 Å². The molecule has 2 N–H and O–H groups in total. The molecule has 140 valence electrons. The molecule has 1 aliphatic rings. The zero-order valence-electron chi connectivity index (χ0n) is 14.4. The van der Waals surface area contributed by atoms with E-state index in [9.17, 15) is 12.8 Å². The molecule has 7 heteroatoms. The Kier molecular flexibility index (Phi) is 5.40. The monoisotopic (exact) mass is 397 g/mol. The second kappa shape index (κ2) is 7.27. The number of hydrogen-bond donors (Lipinski definition) is 1. The van der Waals surface area contributed by atoms with Crippen molar-refractivity contribution in [2.45, 2.75) is 23.0 Å². The number of ether oxygens (including phenoxy) is 1. The summed E-state index contributed by atoms with van der Waals surface area (Å²) in [6, 6.07) is 12.1. The fraction of sp³-hybridized carbons (Fsp3) is 0.368. The van der Waals surface area contributed by atoms with Crippen LogP contribution in [-0.4, -0.2) is 33.4 Å². The molecular formula is C19H21ClFNO3S. The van der Waals surface area contributed by atoms with E-state index < -0.39 is 32.2 Å². The van der Waals surface area contributed by atoms with Gasteiger partial charge in [-0.3, -0.25) is 0 Å². The number of benzene rings is 2. The lowest BCUT2D eigenvalue weighted by Crippen LogP contribution is -2.29. The van der Waals surface area contributed by atoms with E-state index in [-0.39, 0.29) is 18.0 Å². The number of nitrogens with two attached hydrogens (primary N) is 1. The summed E-state index contributed by atoms with van der Waals surface area (Å²) in [5.74, 6) is -0.824. The van der Waals surface area contributed by atoms with Crippen molar-refractivity contribution in [3.63, 3.8) is 0 Å². The quantitative estimate of drug-likeness (QED) is 0.777. The largest absolute Gasteiger partial charge is 0.381 e. The van der Waals surface area contributed by atoms with Gasteiger partial charge < -0.3 is 10.5 Å². The lowest BCUT2D eigenvalue weighted by Gasteiger charge is -2.16. The summed E-state index contributed by atoms with van der Waals surface area (Å²) < 4.78 is 45.8. The standard InChI is InChI=1S/C19H21ClFNO3S/c1-2-25-12-19(11-22)17(13-4-3-5-15(21)10-13)18(19)26(23,24)16-8-6-14(20)7-9-16/h3-10,17-18H,2,11-12,22H2,1H3/t17-,18-,19-/m0/s1. The minimum atomic E-state index is -3.68. The molecule has 0 aliphatic heterocycles. The molecule has 0 spiro atoms. The van der Waals surface area contributed by atoms with Crippen LogP contribution in [0.1, 0.15) is 18.4 Å². The van der Waals surface area contributed by atoms with Crippen molar-refractivity contribution in [3.8, 4) is 0 Å². The molecule has 0 saturated heterocycles. The predicted octanol–water partition coefficient (Wildman–Crippen LogP) is 3.40. The highest BCUT2D eigenvalue weighted by Crippen LogP contribution is 2.63. The van der Waals surface area contributed by atoms with Gasteiger partial charge in [0.15, 0.2) is 9.84 Å². The summed E-state index contributed by atoms with van der Waals surface area (Å²) in [6.45, 7) is 2.63. The molecule has 3 rings (SSSR count). The lowest BCUT2D eigenvalue weighted by atomic mass is 10.00. The zero-order chi connectivity index (χ0) is 18.9. The second-order valence-corrected chi connectivity index (χ2v) is 9.03. The van der Waals surface area contributed by atoms with E-state index in [1.165, 1.54) is 24.3 Å². The van der Waals surface area contributed by atoms with Crippen molar-refractivity contribution in [1.82, 2.24) is 0 Å². The summed E-state index contributed by atoms with van der Waals surface area (Å²) >= 11 is 5.87. The van der Waals surface area contributed by atoms with E-state index in [1.54, 1.807) is 24.3 Å². The summed E-state index contributed by atoms with van der Waals surface area (Å²) in [6.07, 6.45) is 0. The van der Waals surface area contributed by atoms with Gasteiger partial charge in [-0.15, -0.1) is 0 Å². The molecule has 1 fully saturated rings. The molecule has 3 atom stereocenters. The first kappa shape index (κ1) is 19.3. The molecule has 2 aromatic carbocycles. The molecule has 26 heavy (non-hydrogen) atoms. The maximum atomic E-state index is 13.7. The normalized spacial score (nSPS) is 25.2. The number of sulfone groups is 1. The van der Waals surface area contributed by atoms with Gasteiger partial charge in [0, 0.05) is 29.5 Å². The van der Waals surface area contributed by atoms with E-state index in [2.05, 4.69) is 0 Å². The van der Waals surface area contributed by atoms with Crippen LogP contribution in [0.5, 0.6) is 0 Å². The Bertz CT molecular complexity index is 888. The Morgan fingerprint density at radius 3 is 2.50 bits per heavy atom. The van der Waals surface area contributed by atoms with Crippen molar-refractivity contribution in [2.75, 3.05) is 19.8 Å². The van der Waals surface area contributed by atoms with Crippen molar-refractivity contribution in [3.05, 3.63) is 64.9 Å². The fourth-order valence-corrected chi connectivity index (χ4v) is 6.26. The van der Waals surface area contributed by atoms with Crippen molar-refractivity contribution in [2.24, 2.45) is 11.1 Å². The minimum Gasteiger partial charge on any atom is -0.381 e. The van der Waals surface area contributed by atoms with Crippen LogP contribution in [0.25, 0.3) is 0 Å². The summed E-state index contributed by atoms with van der Waals surface area (Å²) in [5, 5.41) is -0.310. The van der Waals surface area contributed by atoms with Gasteiger partial charge >= 0.3 is 0 Å². The van der Waals surface area contributed by atoms with Gasteiger partial charge in [-0.1, -0.05) is 23.7 Å². The first-order chi connectivity index (χ1) is 12.4. The van der Waals surface area contributed by atoms with Crippen molar-refractivity contribution >= 4 is 21.4 Å². The third-order valence-corrected chi connectivity index (χ3v) is 7.61. The molecule has 0 heterocycles. The minimum absolute atomic E-state index is 0.131. The first-order valence-electron chi connectivity index (χ1n) is 8.39. The first-order valence-corrected chi connectivity index (χ1v) is 10.3. The van der Waals surface area contributed by atoms with Gasteiger partial charge in [-0.2, -0.15) is 0 Å². The van der Waals surface area contributed by atoms with Crippen LogP contribution in [0.3, 0.4) is 0 Å². The average molecular weight is 398 g/mol. The van der Waals surface area contributed by atoms with Gasteiger partial charge in [-0.05, 0) is 48.9 Å². The van der Waals surface area contributed by atoms with Crippen LogP contribution in [0.15, 0.2) is 53.4 Å². The SMILES string of the molecule is CCOC[C@@]1(CN)[C@@H](c2cccc(F)c2)[C@@H]1S(=O)(=O)c1ccc(Cl)cc1. The van der Waals surface area contributed by atoms with E-state index in [4.69, 9.17) is 22.1 Å². The Labute approximate surface area is 158 Å². The van der Waals surface area contributed by atoms with E-state index in [1.807, 2.05) is 6.92 Å². The van der Waals surface area contributed by atoms with Gasteiger partial charge in [0.2, 0.25) is 0 Å². The summed E-state index contributed by atoms with van der Waals surface area (Å²) in [7, 11) is -3.68. The molecule has 0 bridgehead atoms. The molecule has 2 aromatic rings. The third kappa shape index (κ3) is 3.27. The Morgan fingerprint density at radius 2 is 1.92 bits per heavy atom. The zero-order valence-corrected chi connectivity index (χ0v) is 15.9. The van der Waals surface area contributed by atoms with E-state index in [0.29, 0.717) is 17.2 Å². The van der Waals surface area contributed by atoms with Gasteiger partial charge in [0.05, 0.1) is 16.8 Å². The van der Waals surface area contributed by atoms with Crippen LogP contribution < -0.4 is 5.73 Å². The highest BCUT2D eigenvalue weighted by molar-refractivity contribution is 7.92. The Morgan fingerprint density at radius 1 is 1.23 bits per heavy atom. The van der Waals surface area contributed by atoms with E-state index >= 15 is 0 Å². The Hall–Kier alpha value is -1.47. The molecular weight excluding hydrogens is 377 g/mol. The highest BCUT2D eigenvalue weighted by Gasteiger charge is 2.70. The molecule has 4 nitrogen and oxygen atoms in total. The van der Waals surface area contributed by atoms with Crippen molar-refractivity contribution < 1.29 is 17.5 Å². The lowest BCUT2D eigenvalue weighted by molar-refractivity contribution is 0.101. The van der Waals surface area contributed by atoms with Gasteiger partial charge in [-0.25, -0.2) is 12.8 Å². The van der Waals surface area contributed by atoms with Crippen LogP contribution in [-0.2, 0) is 14.6 Å². The molecule has 1 aliphatic carbocycles. The molecule has 0 aromatic heterocycles. The van der Waals surface area contributed by atoms with Crippen molar-refractivity contribution in [1.29, 1.82) is 0 Å². The van der Waals surface area contributed by atoms with Crippen LogP contribution in [0.2, 0.25) is 5.02 Å². The smallest absolute Gasteiger partial charge is 0.182 e. The van der Waals surface area contributed by atoms with Gasteiger partial charge in [0.25, 0.3) is 0 Å². The Balaban J connectivity index is 2.05. The fourth-order valence-electron chi connectivity index (χ4n) is 3.69. The predicted molar refractivity (Wildman–Crippen MR) is 99.5 cm³/mol. The molecule has 1 saturated carbocycles.